The number of nitrogens with two attached hydrogens (primary N) is 1. The normalized spacial score (nSPS) is 10.0. The van der Waals surface area contributed by atoms with Crippen molar-refractivity contribution in [1.82, 2.24) is 0 Å². The van der Waals surface area contributed by atoms with E-state index in [1.54, 1.807) is 49.6 Å². The fraction of sp³-hybridized carbons (Fsp3) is 0.0714. The van der Waals surface area contributed by atoms with E-state index in [4.69, 9.17) is 22.1 Å². The minimum Gasteiger partial charge on any atom is -0.497 e. The molecular weight excluding hydrogens is 264 g/mol. The SMILES string of the molecule is COc1ccc(C(=O)Nc2ccc(Cl)c(N)c2)cc1. The van der Waals surface area contributed by atoms with Gasteiger partial charge in [-0.3, -0.25) is 4.79 Å². The minimum absolute atomic E-state index is 0.218. The Bertz CT molecular complexity index is 597. The van der Waals surface area contributed by atoms with Crippen LogP contribution in [0.2, 0.25) is 5.02 Å². The summed E-state index contributed by atoms with van der Waals surface area (Å²) in [7, 11) is 1.57. The molecule has 0 saturated carbocycles. The summed E-state index contributed by atoms with van der Waals surface area (Å²) in [6.07, 6.45) is 0. The highest BCUT2D eigenvalue weighted by atomic mass is 35.5. The van der Waals surface area contributed by atoms with E-state index in [2.05, 4.69) is 5.32 Å². The molecule has 2 aromatic rings. The Morgan fingerprint density at radius 1 is 1.21 bits per heavy atom. The van der Waals surface area contributed by atoms with Crippen molar-refractivity contribution in [3.63, 3.8) is 0 Å². The molecule has 0 aliphatic rings. The molecule has 3 N–H and O–H groups in total. The van der Waals surface area contributed by atoms with E-state index < -0.39 is 0 Å². The topological polar surface area (TPSA) is 64.3 Å². The maximum atomic E-state index is 12.0. The molecule has 4 nitrogen and oxygen atoms in total. The third kappa shape index (κ3) is 3.17. The summed E-state index contributed by atoms with van der Waals surface area (Å²) >= 11 is 5.82. The molecule has 0 radical (unpaired) electrons. The van der Waals surface area contributed by atoms with Gasteiger partial charge >= 0.3 is 0 Å². The Labute approximate surface area is 116 Å². The van der Waals surface area contributed by atoms with Gasteiger partial charge in [-0.15, -0.1) is 0 Å². The largest absolute Gasteiger partial charge is 0.497 e. The maximum absolute atomic E-state index is 12.0. The van der Waals surface area contributed by atoms with Crippen LogP contribution in [0.1, 0.15) is 10.4 Å². The number of carbonyl (C=O) groups excluding carboxylic acids is 1. The molecule has 5 heteroatoms. The summed E-state index contributed by atoms with van der Waals surface area (Å²) in [5, 5.41) is 3.21. The molecule has 0 fully saturated rings. The number of hydrogen-bond donors (Lipinski definition) is 2. The average molecular weight is 277 g/mol. The van der Waals surface area contributed by atoms with E-state index in [1.807, 2.05) is 0 Å². The molecule has 0 aromatic heterocycles. The van der Waals surface area contributed by atoms with Crippen molar-refractivity contribution < 1.29 is 9.53 Å². The van der Waals surface area contributed by atoms with Crippen LogP contribution in [0.3, 0.4) is 0 Å². The lowest BCUT2D eigenvalue weighted by atomic mass is 10.2. The van der Waals surface area contributed by atoms with Gasteiger partial charge in [0.15, 0.2) is 0 Å². The van der Waals surface area contributed by atoms with Gasteiger partial charge in [0, 0.05) is 11.3 Å². The van der Waals surface area contributed by atoms with Gasteiger partial charge in [-0.05, 0) is 42.5 Å². The molecule has 0 heterocycles. The molecule has 0 aliphatic heterocycles. The highest BCUT2D eigenvalue weighted by Crippen LogP contribution is 2.22. The summed E-state index contributed by atoms with van der Waals surface area (Å²) < 4.78 is 5.03. The number of carbonyl (C=O) groups is 1. The summed E-state index contributed by atoms with van der Waals surface area (Å²) in [6, 6.07) is 11.8. The summed E-state index contributed by atoms with van der Waals surface area (Å²) in [4.78, 5) is 12.0. The van der Waals surface area contributed by atoms with E-state index in [0.717, 1.165) is 0 Å². The number of rotatable bonds is 3. The Balaban J connectivity index is 2.13. The first-order chi connectivity index (χ1) is 9.10. The number of amides is 1. The molecule has 2 aromatic carbocycles. The van der Waals surface area contributed by atoms with Crippen molar-refractivity contribution in [2.24, 2.45) is 0 Å². The van der Waals surface area contributed by atoms with E-state index in [1.165, 1.54) is 0 Å². The predicted octanol–water partition coefficient (Wildman–Crippen LogP) is 3.18. The zero-order valence-corrected chi connectivity index (χ0v) is 11.1. The molecule has 2 rings (SSSR count). The van der Waals surface area contributed by atoms with Crippen LogP contribution < -0.4 is 15.8 Å². The van der Waals surface area contributed by atoms with Crippen LogP contribution in [0, 0.1) is 0 Å². The van der Waals surface area contributed by atoms with Crippen molar-refractivity contribution in [2.75, 3.05) is 18.2 Å². The minimum atomic E-state index is -0.218. The fourth-order valence-corrected chi connectivity index (χ4v) is 1.68. The molecule has 0 saturated heterocycles. The van der Waals surface area contributed by atoms with Crippen molar-refractivity contribution >= 4 is 28.9 Å². The van der Waals surface area contributed by atoms with Gasteiger partial charge < -0.3 is 15.8 Å². The zero-order valence-electron chi connectivity index (χ0n) is 10.3. The number of benzene rings is 2. The van der Waals surface area contributed by atoms with Crippen molar-refractivity contribution in [3.05, 3.63) is 53.1 Å². The average Bonchev–Trinajstić information content (AvgIpc) is 2.43. The van der Waals surface area contributed by atoms with Crippen molar-refractivity contribution in [1.29, 1.82) is 0 Å². The number of nitrogen functional groups attached to an aromatic ring is 1. The number of ether oxygens (including phenoxy) is 1. The first kappa shape index (κ1) is 13.2. The summed E-state index contributed by atoms with van der Waals surface area (Å²) in [5.74, 6) is 0.483. The lowest BCUT2D eigenvalue weighted by molar-refractivity contribution is 0.102. The van der Waals surface area contributed by atoms with Crippen LogP contribution >= 0.6 is 11.6 Å². The Kier molecular flexibility index (Phi) is 3.92. The van der Waals surface area contributed by atoms with Crippen molar-refractivity contribution in [2.45, 2.75) is 0 Å². The van der Waals surface area contributed by atoms with Crippen LogP contribution in [0.5, 0.6) is 5.75 Å². The summed E-state index contributed by atoms with van der Waals surface area (Å²) in [6.45, 7) is 0. The van der Waals surface area contributed by atoms with Gasteiger partial charge in [-0.25, -0.2) is 0 Å². The molecule has 0 aliphatic carbocycles. The number of halogens is 1. The second kappa shape index (κ2) is 5.63. The van der Waals surface area contributed by atoms with Crippen LogP contribution in [0.4, 0.5) is 11.4 Å². The van der Waals surface area contributed by atoms with Gasteiger partial charge in [-0.1, -0.05) is 11.6 Å². The van der Waals surface area contributed by atoms with E-state index in [0.29, 0.717) is 27.7 Å². The quantitative estimate of drug-likeness (QED) is 0.846. The Hall–Kier alpha value is -2.20. The maximum Gasteiger partial charge on any atom is 0.255 e. The fourth-order valence-electron chi connectivity index (χ4n) is 1.57. The number of anilines is 2. The van der Waals surface area contributed by atoms with Gasteiger partial charge in [0.25, 0.3) is 5.91 Å². The first-order valence-corrected chi connectivity index (χ1v) is 5.98. The Morgan fingerprint density at radius 3 is 2.47 bits per heavy atom. The lowest BCUT2D eigenvalue weighted by Gasteiger charge is -2.07. The second-order valence-electron chi connectivity index (χ2n) is 3.92. The molecule has 98 valence electrons. The van der Waals surface area contributed by atoms with E-state index in [9.17, 15) is 4.79 Å². The van der Waals surface area contributed by atoms with Crippen LogP contribution in [-0.2, 0) is 0 Å². The van der Waals surface area contributed by atoms with E-state index >= 15 is 0 Å². The third-order valence-electron chi connectivity index (χ3n) is 2.61. The molecule has 0 unspecified atom stereocenters. The highest BCUT2D eigenvalue weighted by Gasteiger charge is 2.07. The Morgan fingerprint density at radius 2 is 1.89 bits per heavy atom. The zero-order chi connectivity index (χ0) is 13.8. The van der Waals surface area contributed by atoms with Crippen LogP contribution in [-0.4, -0.2) is 13.0 Å². The van der Waals surface area contributed by atoms with Crippen LogP contribution in [0.25, 0.3) is 0 Å². The molecule has 1 amide bonds. The number of nitrogens with one attached hydrogen (secondary N) is 1. The van der Waals surface area contributed by atoms with Gasteiger partial charge in [0.2, 0.25) is 0 Å². The highest BCUT2D eigenvalue weighted by molar-refractivity contribution is 6.33. The smallest absolute Gasteiger partial charge is 0.255 e. The second-order valence-corrected chi connectivity index (χ2v) is 4.33. The van der Waals surface area contributed by atoms with Gasteiger partial charge in [0.05, 0.1) is 17.8 Å². The molecular formula is C14H13ClN2O2. The van der Waals surface area contributed by atoms with Gasteiger partial charge in [0.1, 0.15) is 5.75 Å². The molecule has 0 atom stereocenters. The molecule has 19 heavy (non-hydrogen) atoms. The van der Waals surface area contributed by atoms with Crippen LogP contribution in [0.15, 0.2) is 42.5 Å². The third-order valence-corrected chi connectivity index (χ3v) is 2.95. The molecule has 0 bridgehead atoms. The lowest BCUT2D eigenvalue weighted by Crippen LogP contribution is -2.11. The standard InChI is InChI=1S/C14H13ClN2O2/c1-19-11-5-2-9(3-6-11)14(18)17-10-4-7-12(15)13(16)8-10/h2-8H,16H2,1H3,(H,17,18). The number of hydrogen-bond acceptors (Lipinski definition) is 3. The molecule has 0 spiro atoms. The van der Waals surface area contributed by atoms with E-state index in [-0.39, 0.29) is 5.91 Å². The van der Waals surface area contributed by atoms with Crippen molar-refractivity contribution in [3.8, 4) is 5.75 Å². The number of methoxy groups -OCH3 is 1. The monoisotopic (exact) mass is 276 g/mol. The predicted molar refractivity (Wildman–Crippen MR) is 76.8 cm³/mol. The summed E-state index contributed by atoms with van der Waals surface area (Å²) in [5.41, 5.74) is 7.23. The van der Waals surface area contributed by atoms with Gasteiger partial charge in [-0.2, -0.15) is 0 Å². The first-order valence-electron chi connectivity index (χ1n) is 5.60.